The largest absolute Gasteiger partial charge is 0.282 e. The summed E-state index contributed by atoms with van der Waals surface area (Å²) in [5.41, 5.74) is 3.33. The van der Waals surface area contributed by atoms with Crippen molar-refractivity contribution < 1.29 is 4.79 Å². The highest BCUT2D eigenvalue weighted by Gasteiger charge is 2.03. The minimum Gasteiger partial charge on any atom is -0.282 e. The van der Waals surface area contributed by atoms with Crippen LogP contribution in [0.25, 0.3) is 0 Å². The minimum atomic E-state index is 0.127. The molecule has 13 heavy (non-hydrogen) atoms. The number of benzene rings is 1. The topological polar surface area (TPSA) is 17.1 Å². The summed E-state index contributed by atoms with van der Waals surface area (Å²) in [5.74, 6) is 0. The number of hydrogen-bond acceptors (Lipinski definition) is 1. The fourth-order valence-electron chi connectivity index (χ4n) is 1.28. The van der Waals surface area contributed by atoms with Crippen molar-refractivity contribution in [3.8, 4) is 0 Å². The van der Waals surface area contributed by atoms with Gasteiger partial charge in [-0.1, -0.05) is 19.9 Å². The molecule has 0 heterocycles. The molecule has 0 spiro atoms. The molecule has 70 valence electrons. The lowest BCUT2D eigenvalue weighted by Crippen LogP contribution is -1.94. The Hall–Kier alpha value is -0.380. The predicted molar refractivity (Wildman–Crippen MR) is 63.5 cm³/mol. The molecule has 0 bridgehead atoms. The summed E-state index contributed by atoms with van der Waals surface area (Å²) < 4.78 is 0.127. The first-order valence-electron chi connectivity index (χ1n) is 4.50. The summed E-state index contributed by atoms with van der Waals surface area (Å²) in [6, 6.07) is 6.13. The minimum absolute atomic E-state index is 0.127. The Morgan fingerprint density at radius 2 is 1.62 bits per heavy atom. The van der Waals surface area contributed by atoms with Crippen LogP contribution in [0.15, 0.2) is 18.2 Å². The fraction of sp³-hybridized carbons (Fsp3) is 0.364. The molecule has 0 amide bonds. The Balaban J connectivity index is 3.14. The first-order chi connectivity index (χ1) is 6.17. The van der Waals surface area contributed by atoms with Gasteiger partial charge in [-0.2, -0.15) is 0 Å². The fourth-order valence-corrected chi connectivity index (χ4v) is 1.60. The van der Waals surface area contributed by atoms with Crippen molar-refractivity contribution in [1.29, 1.82) is 0 Å². The molecule has 0 aromatic heterocycles. The summed E-state index contributed by atoms with van der Waals surface area (Å²) >= 11 is 1.84. The van der Waals surface area contributed by atoms with E-state index in [-0.39, 0.29) is 3.79 Å². The van der Waals surface area contributed by atoms with Gasteiger partial charge in [-0.15, -0.1) is 0 Å². The molecule has 0 aliphatic carbocycles. The van der Waals surface area contributed by atoms with Crippen LogP contribution in [0.3, 0.4) is 0 Å². The monoisotopic (exact) mass is 288 g/mol. The molecule has 0 saturated heterocycles. The van der Waals surface area contributed by atoms with Gasteiger partial charge in [-0.05, 0) is 36.1 Å². The highest BCUT2D eigenvalue weighted by atomic mass is 127. The van der Waals surface area contributed by atoms with Crippen LogP contribution in [0.4, 0.5) is 0 Å². The third-order valence-corrected chi connectivity index (χ3v) is 2.72. The lowest BCUT2D eigenvalue weighted by atomic mass is 10.0. The van der Waals surface area contributed by atoms with Crippen molar-refractivity contribution in [3.05, 3.63) is 34.9 Å². The molecule has 0 fully saturated rings. The molecule has 0 aliphatic rings. The third-order valence-electron chi connectivity index (χ3n) is 2.10. The molecule has 2 heteroatoms. The maximum Gasteiger partial charge on any atom is 0.222 e. The Morgan fingerprint density at radius 1 is 1.15 bits per heavy atom. The average Bonchev–Trinajstić information content (AvgIpc) is 2.16. The first-order valence-corrected chi connectivity index (χ1v) is 5.58. The number of hydrogen-bond donors (Lipinski definition) is 0. The van der Waals surface area contributed by atoms with Crippen LogP contribution in [0.1, 0.15) is 35.3 Å². The molecular weight excluding hydrogens is 275 g/mol. The number of carbonyl (C=O) groups excluding carboxylic acids is 1. The number of halogens is 1. The van der Waals surface area contributed by atoms with Crippen molar-refractivity contribution >= 4 is 26.4 Å². The van der Waals surface area contributed by atoms with E-state index in [0.717, 1.165) is 18.4 Å². The lowest BCUT2D eigenvalue weighted by molar-refractivity contribution is 0.110. The van der Waals surface area contributed by atoms with E-state index >= 15 is 0 Å². The highest BCUT2D eigenvalue weighted by molar-refractivity contribution is 14.1. The van der Waals surface area contributed by atoms with Gasteiger partial charge in [0.2, 0.25) is 3.79 Å². The van der Waals surface area contributed by atoms with Gasteiger partial charge >= 0.3 is 0 Å². The Bertz CT molecular complexity index is 296. The molecular formula is C11H13IO. The molecule has 1 nitrogen and oxygen atoms in total. The number of aryl methyl sites for hydroxylation is 2. The van der Waals surface area contributed by atoms with E-state index in [1.807, 2.05) is 34.7 Å². The van der Waals surface area contributed by atoms with E-state index in [2.05, 4.69) is 19.9 Å². The standard InChI is InChI=1S/C11H13IO/c1-3-8-5-9(4-2)7-10(6-8)11(12)13/h5-7H,3-4H2,1-2H3. The van der Waals surface area contributed by atoms with Gasteiger partial charge in [-0.25, -0.2) is 0 Å². The summed E-state index contributed by atoms with van der Waals surface area (Å²) in [6.45, 7) is 4.21. The van der Waals surface area contributed by atoms with E-state index in [4.69, 9.17) is 0 Å². The van der Waals surface area contributed by atoms with Gasteiger partial charge in [0.05, 0.1) is 0 Å². The van der Waals surface area contributed by atoms with Crippen LogP contribution in [0.2, 0.25) is 0 Å². The summed E-state index contributed by atoms with van der Waals surface area (Å²) in [4.78, 5) is 11.2. The van der Waals surface area contributed by atoms with E-state index in [1.165, 1.54) is 11.1 Å². The second-order valence-corrected chi connectivity index (χ2v) is 4.00. The van der Waals surface area contributed by atoms with Crippen molar-refractivity contribution in [2.24, 2.45) is 0 Å². The summed E-state index contributed by atoms with van der Waals surface area (Å²) in [5, 5.41) is 0. The maximum absolute atomic E-state index is 11.2. The second-order valence-electron chi connectivity index (χ2n) is 3.02. The van der Waals surface area contributed by atoms with Crippen molar-refractivity contribution in [2.75, 3.05) is 0 Å². The number of carbonyl (C=O) groups is 1. The molecule has 0 saturated carbocycles. The Labute approximate surface area is 92.7 Å². The Kier molecular flexibility index (Phi) is 3.90. The van der Waals surface area contributed by atoms with Crippen LogP contribution >= 0.6 is 22.6 Å². The van der Waals surface area contributed by atoms with Gasteiger partial charge in [-0.3, -0.25) is 4.79 Å². The molecule has 1 aromatic rings. The van der Waals surface area contributed by atoms with Gasteiger partial charge in [0.15, 0.2) is 0 Å². The molecule has 0 unspecified atom stereocenters. The number of rotatable bonds is 3. The second kappa shape index (κ2) is 4.74. The zero-order valence-electron chi connectivity index (χ0n) is 7.93. The molecule has 1 rings (SSSR count). The summed E-state index contributed by atoms with van der Waals surface area (Å²) in [7, 11) is 0. The smallest absolute Gasteiger partial charge is 0.222 e. The van der Waals surface area contributed by atoms with Crippen LogP contribution in [-0.2, 0) is 12.8 Å². The van der Waals surface area contributed by atoms with E-state index in [9.17, 15) is 4.79 Å². The lowest BCUT2D eigenvalue weighted by Gasteiger charge is -2.03. The van der Waals surface area contributed by atoms with Crippen molar-refractivity contribution in [2.45, 2.75) is 26.7 Å². The van der Waals surface area contributed by atoms with E-state index < -0.39 is 0 Å². The van der Waals surface area contributed by atoms with Crippen LogP contribution in [-0.4, -0.2) is 3.79 Å². The molecule has 0 aliphatic heterocycles. The van der Waals surface area contributed by atoms with Crippen LogP contribution in [0, 0.1) is 0 Å². The SMILES string of the molecule is CCc1cc(CC)cc(C(=O)I)c1. The quantitative estimate of drug-likeness (QED) is 0.615. The molecule has 0 atom stereocenters. The molecule has 0 radical (unpaired) electrons. The van der Waals surface area contributed by atoms with Gasteiger partial charge in [0.1, 0.15) is 0 Å². The molecule has 0 N–H and O–H groups in total. The van der Waals surface area contributed by atoms with Crippen molar-refractivity contribution in [3.63, 3.8) is 0 Å². The zero-order valence-corrected chi connectivity index (χ0v) is 10.1. The van der Waals surface area contributed by atoms with Gasteiger partial charge < -0.3 is 0 Å². The van der Waals surface area contributed by atoms with Crippen molar-refractivity contribution in [1.82, 2.24) is 0 Å². The normalized spacial score (nSPS) is 10.1. The van der Waals surface area contributed by atoms with Crippen LogP contribution in [0.5, 0.6) is 0 Å². The molecule has 1 aromatic carbocycles. The van der Waals surface area contributed by atoms with Crippen LogP contribution < -0.4 is 0 Å². The summed E-state index contributed by atoms with van der Waals surface area (Å²) in [6.07, 6.45) is 1.98. The van der Waals surface area contributed by atoms with Gasteiger partial charge in [0.25, 0.3) is 0 Å². The Morgan fingerprint density at radius 3 is 1.92 bits per heavy atom. The maximum atomic E-state index is 11.2. The van der Waals surface area contributed by atoms with Gasteiger partial charge in [0, 0.05) is 28.2 Å². The highest BCUT2D eigenvalue weighted by Crippen LogP contribution is 2.14. The average molecular weight is 288 g/mol. The first kappa shape index (κ1) is 10.7. The predicted octanol–water partition coefficient (Wildman–Crippen LogP) is 3.39. The third kappa shape index (κ3) is 2.79. The zero-order chi connectivity index (χ0) is 9.84. The van der Waals surface area contributed by atoms with E-state index in [1.54, 1.807) is 0 Å². The van der Waals surface area contributed by atoms with E-state index in [0.29, 0.717) is 0 Å².